The van der Waals surface area contributed by atoms with E-state index in [9.17, 15) is 4.79 Å². The Hall–Kier alpha value is -1.60. The summed E-state index contributed by atoms with van der Waals surface area (Å²) in [5.41, 5.74) is 1.86. The van der Waals surface area contributed by atoms with E-state index in [1.807, 2.05) is 25.1 Å². The van der Waals surface area contributed by atoms with Crippen molar-refractivity contribution >= 4 is 33.5 Å². The molecule has 23 heavy (non-hydrogen) atoms. The summed E-state index contributed by atoms with van der Waals surface area (Å²) in [7, 11) is 3.38. The first-order valence-corrected chi connectivity index (χ1v) is 8.35. The SMILES string of the molecule is CN=C(NCCCOC)NCCC(=O)Nc1cc(Br)ccc1C. The highest BCUT2D eigenvalue weighted by atomic mass is 79.9. The average Bonchev–Trinajstić information content (AvgIpc) is 2.53. The zero-order valence-electron chi connectivity index (χ0n) is 13.9. The fraction of sp³-hybridized carbons (Fsp3) is 0.500. The maximum Gasteiger partial charge on any atom is 0.226 e. The van der Waals surface area contributed by atoms with E-state index in [0.29, 0.717) is 25.5 Å². The number of aryl methyl sites for hydroxylation is 1. The fourth-order valence-corrected chi connectivity index (χ4v) is 2.24. The Kier molecular flexibility index (Phi) is 9.31. The van der Waals surface area contributed by atoms with Crippen LogP contribution in [-0.2, 0) is 9.53 Å². The number of nitrogens with one attached hydrogen (secondary N) is 3. The number of hydrogen-bond donors (Lipinski definition) is 3. The monoisotopic (exact) mass is 384 g/mol. The van der Waals surface area contributed by atoms with Gasteiger partial charge in [0.05, 0.1) is 0 Å². The highest BCUT2D eigenvalue weighted by Gasteiger charge is 2.06. The van der Waals surface area contributed by atoms with Crippen LogP contribution in [0.25, 0.3) is 0 Å². The number of amides is 1. The number of anilines is 1. The highest BCUT2D eigenvalue weighted by Crippen LogP contribution is 2.20. The van der Waals surface area contributed by atoms with Gasteiger partial charge in [0.1, 0.15) is 0 Å². The molecule has 0 aromatic heterocycles. The van der Waals surface area contributed by atoms with Crippen molar-refractivity contribution in [2.75, 3.05) is 39.2 Å². The van der Waals surface area contributed by atoms with E-state index < -0.39 is 0 Å². The number of hydrogen-bond acceptors (Lipinski definition) is 3. The topological polar surface area (TPSA) is 74.8 Å². The molecule has 1 aromatic rings. The van der Waals surface area contributed by atoms with Crippen molar-refractivity contribution in [1.82, 2.24) is 10.6 Å². The maximum atomic E-state index is 12.0. The number of benzene rings is 1. The fourth-order valence-electron chi connectivity index (χ4n) is 1.88. The second-order valence-corrected chi connectivity index (χ2v) is 5.95. The molecule has 1 rings (SSSR count). The van der Waals surface area contributed by atoms with Gasteiger partial charge in [-0.2, -0.15) is 0 Å². The molecule has 0 saturated carbocycles. The van der Waals surface area contributed by atoms with Crippen molar-refractivity contribution < 1.29 is 9.53 Å². The third kappa shape index (κ3) is 7.99. The summed E-state index contributed by atoms with van der Waals surface area (Å²) < 4.78 is 5.93. The lowest BCUT2D eigenvalue weighted by Gasteiger charge is -2.12. The van der Waals surface area contributed by atoms with E-state index in [4.69, 9.17) is 4.74 Å². The van der Waals surface area contributed by atoms with Crippen LogP contribution >= 0.6 is 15.9 Å². The molecule has 7 heteroatoms. The van der Waals surface area contributed by atoms with Gasteiger partial charge in [-0.1, -0.05) is 22.0 Å². The molecule has 0 aliphatic carbocycles. The Morgan fingerprint density at radius 3 is 2.74 bits per heavy atom. The lowest BCUT2D eigenvalue weighted by molar-refractivity contribution is -0.116. The Morgan fingerprint density at radius 1 is 1.30 bits per heavy atom. The van der Waals surface area contributed by atoms with Gasteiger partial charge < -0.3 is 20.7 Å². The molecule has 0 atom stereocenters. The van der Waals surface area contributed by atoms with Crippen molar-refractivity contribution in [2.45, 2.75) is 19.8 Å². The molecule has 3 N–H and O–H groups in total. The molecule has 0 aliphatic rings. The minimum atomic E-state index is -0.0338. The van der Waals surface area contributed by atoms with Crippen molar-refractivity contribution in [1.29, 1.82) is 0 Å². The van der Waals surface area contributed by atoms with Crippen LogP contribution in [0.15, 0.2) is 27.7 Å². The van der Waals surface area contributed by atoms with Crippen LogP contribution in [0.4, 0.5) is 5.69 Å². The van der Waals surface area contributed by atoms with Crippen LogP contribution in [0.2, 0.25) is 0 Å². The van der Waals surface area contributed by atoms with E-state index in [1.54, 1.807) is 14.2 Å². The predicted octanol–water partition coefficient (Wildman–Crippen LogP) is 2.29. The minimum Gasteiger partial charge on any atom is -0.385 e. The summed E-state index contributed by atoms with van der Waals surface area (Å²) in [5, 5.41) is 9.20. The minimum absolute atomic E-state index is 0.0338. The number of carbonyl (C=O) groups excluding carboxylic acids is 1. The van der Waals surface area contributed by atoms with Crippen molar-refractivity contribution in [3.05, 3.63) is 28.2 Å². The summed E-state index contributed by atoms with van der Waals surface area (Å²) in [6, 6.07) is 5.81. The lowest BCUT2D eigenvalue weighted by Crippen LogP contribution is -2.39. The first kappa shape index (κ1) is 19.4. The molecule has 0 saturated heterocycles. The smallest absolute Gasteiger partial charge is 0.226 e. The zero-order chi connectivity index (χ0) is 17.1. The predicted molar refractivity (Wildman–Crippen MR) is 98.0 cm³/mol. The standard InChI is InChI=1S/C16H25BrN4O2/c1-12-5-6-13(17)11-14(12)21-15(22)7-9-20-16(18-2)19-8-4-10-23-3/h5-6,11H,4,7-10H2,1-3H3,(H,21,22)(H2,18,19,20). The Bertz CT molecular complexity index is 535. The molecular weight excluding hydrogens is 360 g/mol. The van der Waals surface area contributed by atoms with E-state index >= 15 is 0 Å². The third-order valence-electron chi connectivity index (χ3n) is 3.16. The zero-order valence-corrected chi connectivity index (χ0v) is 15.5. The summed E-state index contributed by atoms with van der Waals surface area (Å²) in [4.78, 5) is 16.1. The summed E-state index contributed by atoms with van der Waals surface area (Å²) >= 11 is 3.41. The Labute approximate surface area is 146 Å². The highest BCUT2D eigenvalue weighted by molar-refractivity contribution is 9.10. The van der Waals surface area contributed by atoms with Gasteiger partial charge in [0.15, 0.2) is 5.96 Å². The van der Waals surface area contributed by atoms with Gasteiger partial charge in [0.2, 0.25) is 5.91 Å². The van der Waals surface area contributed by atoms with Crippen LogP contribution in [0.3, 0.4) is 0 Å². The van der Waals surface area contributed by atoms with Crippen molar-refractivity contribution in [2.24, 2.45) is 4.99 Å². The molecule has 1 aromatic carbocycles. The van der Waals surface area contributed by atoms with Crippen LogP contribution < -0.4 is 16.0 Å². The Balaban J connectivity index is 2.31. The van der Waals surface area contributed by atoms with Gasteiger partial charge in [-0.15, -0.1) is 0 Å². The molecule has 0 unspecified atom stereocenters. The largest absolute Gasteiger partial charge is 0.385 e. The number of nitrogens with zero attached hydrogens (tertiary/aromatic N) is 1. The molecule has 0 heterocycles. The molecular formula is C16H25BrN4O2. The van der Waals surface area contributed by atoms with E-state index in [-0.39, 0.29) is 5.91 Å². The molecule has 0 radical (unpaired) electrons. The number of carbonyl (C=O) groups is 1. The molecule has 0 fully saturated rings. The lowest BCUT2D eigenvalue weighted by atomic mass is 10.2. The van der Waals surface area contributed by atoms with Crippen LogP contribution in [0.5, 0.6) is 0 Å². The number of guanidine groups is 1. The van der Waals surface area contributed by atoms with Crippen LogP contribution in [0.1, 0.15) is 18.4 Å². The number of methoxy groups -OCH3 is 1. The number of halogens is 1. The first-order chi connectivity index (χ1) is 11.1. The van der Waals surface area contributed by atoms with Gasteiger partial charge in [0, 0.05) is 50.4 Å². The van der Waals surface area contributed by atoms with Crippen LogP contribution in [0, 0.1) is 6.92 Å². The van der Waals surface area contributed by atoms with Gasteiger partial charge in [-0.3, -0.25) is 9.79 Å². The summed E-state index contributed by atoms with van der Waals surface area (Å²) in [6.45, 7) is 3.96. The number of aliphatic imine (C=N–C) groups is 1. The Morgan fingerprint density at radius 2 is 2.04 bits per heavy atom. The second kappa shape index (κ2) is 11.0. The normalized spacial score (nSPS) is 11.2. The van der Waals surface area contributed by atoms with E-state index in [2.05, 4.69) is 36.9 Å². The molecule has 0 aliphatic heterocycles. The van der Waals surface area contributed by atoms with Gasteiger partial charge in [-0.05, 0) is 31.0 Å². The first-order valence-electron chi connectivity index (χ1n) is 7.56. The number of ether oxygens (including phenoxy) is 1. The molecule has 0 bridgehead atoms. The van der Waals surface area contributed by atoms with Crippen molar-refractivity contribution in [3.8, 4) is 0 Å². The molecule has 0 spiro atoms. The quantitative estimate of drug-likeness (QED) is 0.365. The average molecular weight is 385 g/mol. The van der Waals surface area contributed by atoms with Crippen LogP contribution in [-0.4, -0.2) is 45.7 Å². The molecule has 1 amide bonds. The third-order valence-corrected chi connectivity index (χ3v) is 3.65. The molecule has 6 nitrogen and oxygen atoms in total. The number of rotatable bonds is 8. The van der Waals surface area contributed by atoms with Gasteiger partial charge in [-0.25, -0.2) is 0 Å². The second-order valence-electron chi connectivity index (χ2n) is 5.03. The van der Waals surface area contributed by atoms with E-state index in [0.717, 1.165) is 28.7 Å². The maximum absolute atomic E-state index is 12.0. The summed E-state index contributed by atoms with van der Waals surface area (Å²) in [5.74, 6) is 0.654. The van der Waals surface area contributed by atoms with Gasteiger partial charge in [0.25, 0.3) is 0 Å². The van der Waals surface area contributed by atoms with E-state index in [1.165, 1.54) is 0 Å². The summed E-state index contributed by atoms with van der Waals surface area (Å²) in [6.07, 6.45) is 1.27. The van der Waals surface area contributed by atoms with Gasteiger partial charge >= 0.3 is 0 Å². The molecule has 128 valence electrons. The van der Waals surface area contributed by atoms with Crippen molar-refractivity contribution in [3.63, 3.8) is 0 Å².